The van der Waals surface area contributed by atoms with Crippen LogP contribution >= 0.6 is 0 Å². The summed E-state index contributed by atoms with van der Waals surface area (Å²) in [5.74, 6) is 2.85. The van der Waals surface area contributed by atoms with E-state index in [0.29, 0.717) is 17.5 Å². The SMILES string of the molecule is COCOc1cc2c(cc1OC)-c1c(OC)c(OCOC)c(C)c3c1[C@H](C2)[N+](C)(C)CC3.[I-]. The van der Waals surface area contributed by atoms with Crippen molar-refractivity contribution >= 4 is 0 Å². The summed E-state index contributed by atoms with van der Waals surface area (Å²) in [6.45, 7) is 3.52. The Morgan fingerprint density at radius 1 is 0.909 bits per heavy atom. The molecule has 0 bridgehead atoms. The van der Waals surface area contributed by atoms with Crippen molar-refractivity contribution in [2.75, 3.05) is 62.7 Å². The Labute approximate surface area is 213 Å². The third-order valence-electron chi connectivity index (χ3n) is 6.87. The molecule has 0 amide bonds. The Morgan fingerprint density at radius 3 is 2.24 bits per heavy atom. The first kappa shape index (κ1) is 25.9. The molecule has 7 nitrogen and oxygen atoms in total. The standard InChI is InChI=1S/C25H34NO6.HI/c1-15-17-8-9-26(2,3)19-10-16-11-21(31-13-27-4)20(29-6)12-18(16)23(22(17)19)25(30-7)24(15)32-14-28-5;/h11-12,19H,8-10,13-14H2,1-7H3;1H/q+1;/p-1/t19-;/m0./s1. The molecular weight excluding hydrogens is 537 g/mol. The van der Waals surface area contributed by atoms with Crippen LogP contribution in [-0.4, -0.2) is 67.1 Å². The molecule has 33 heavy (non-hydrogen) atoms. The van der Waals surface area contributed by atoms with Gasteiger partial charge in [-0.3, -0.25) is 0 Å². The van der Waals surface area contributed by atoms with Crippen molar-refractivity contribution in [2.45, 2.75) is 25.8 Å². The number of hydrogen-bond acceptors (Lipinski definition) is 6. The first-order chi connectivity index (χ1) is 15.4. The second-order valence-electron chi connectivity index (χ2n) is 8.99. The number of quaternary nitrogens is 1. The molecule has 1 aliphatic carbocycles. The maximum atomic E-state index is 6.05. The maximum Gasteiger partial charge on any atom is 0.188 e. The van der Waals surface area contributed by atoms with Gasteiger partial charge in [-0.25, -0.2) is 0 Å². The number of methoxy groups -OCH3 is 4. The fourth-order valence-electron chi connectivity index (χ4n) is 5.20. The van der Waals surface area contributed by atoms with Crippen LogP contribution in [0.3, 0.4) is 0 Å². The molecule has 2 aliphatic rings. The fourth-order valence-corrected chi connectivity index (χ4v) is 5.20. The summed E-state index contributed by atoms with van der Waals surface area (Å²) >= 11 is 0. The molecule has 2 aromatic carbocycles. The van der Waals surface area contributed by atoms with Crippen molar-refractivity contribution in [3.63, 3.8) is 0 Å². The Kier molecular flexibility index (Phi) is 8.03. The molecular formula is C25H34INO6. The number of halogens is 1. The van der Waals surface area contributed by atoms with Crippen LogP contribution < -0.4 is 42.9 Å². The predicted octanol–water partition coefficient (Wildman–Crippen LogP) is 0.878. The quantitative estimate of drug-likeness (QED) is 0.267. The van der Waals surface area contributed by atoms with E-state index < -0.39 is 0 Å². The van der Waals surface area contributed by atoms with E-state index >= 15 is 0 Å². The average Bonchev–Trinajstić information content (AvgIpc) is 2.78. The highest BCUT2D eigenvalue weighted by molar-refractivity contribution is 5.86. The van der Waals surface area contributed by atoms with Gasteiger partial charge in [0.1, 0.15) is 6.04 Å². The van der Waals surface area contributed by atoms with E-state index in [4.69, 9.17) is 28.4 Å². The van der Waals surface area contributed by atoms with Gasteiger partial charge in [-0.05, 0) is 41.3 Å². The maximum absolute atomic E-state index is 6.05. The zero-order valence-corrected chi connectivity index (χ0v) is 22.7. The van der Waals surface area contributed by atoms with E-state index in [9.17, 15) is 0 Å². The third kappa shape index (κ3) is 4.38. The van der Waals surface area contributed by atoms with E-state index in [2.05, 4.69) is 33.2 Å². The lowest BCUT2D eigenvalue weighted by atomic mass is 9.74. The van der Waals surface area contributed by atoms with Gasteiger partial charge in [0.25, 0.3) is 0 Å². The van der Waals surface area contributed by atoms with Crippen molar-refractivity contribution in [1.82, 2.24) is 0 Å². The van der Waals surface area contributed by atoms with E-state index in [1.807, 2.05) is 0 Å². The van der Waals surface area contributed by atoms with Gasteiger partial charge in [0, 0.05) is 38.2 Å². The second-order valence-corrected chi connectivity index (χ2v) is 8.99. The van der Waals surface area contributed by atoms with E-state index in [1.165, 1.54) is 16.7 Å². The van der Waals surface area contributed by atoms with Crippen LogP contribution in [0.4, 0.5) is 0 Å². The lowest BCUT2D eigenvalue weighted by molar-refractivity contribution is -0.923. The Morgan fingerprint density at radius 2 is 1.61 bits per heavy atom. The van der Waals surface area contributed by atoms with Crippen molar-refractivity contribution in [2.24, 2.45) is 0 Å². The van der Waals surface area contributed by atoms with Crippen LogP contribution in [0.25, 0.3) is 11.1 Å². The van der Waals surface area contributed by atoms with E-state index in [0.717, 1.165) is 52.1 Å². The van der Waals surface area contributed by atoms with Crippen molar-refractivity contribution in [1.29, 1.82) is 0 Å². The van der Waals surface area contributed by atoms with Crippen LogP contribution in [0.5, 0.6) is 23.0 Å². The molecule has 0 N–H and O–H groups in total. The molecule has 0 saturated heterocycles. The molecule has 0 aromatic heterocycles. The Hall–Kier alpha value is -1.75. The van der Waals surface area contributed by atoms with Crippen LogP contribution in [0.2, 0.25) is 0 Å². The minimum Gasteiger partial charge on any atom is -1.00 e. The first-order valence-corrected chi connectivity index (χ1v) is 10.9. The molecule has 2 aromatic rings. The highest BCUT2D eigenvalue weighted by Crippen LogP contribution is 2.56. The molecule has 8 heteroatoms. The molecule has 0 fully saturated rings. The van der Waals surface area contributed by atoms with Gasteiger partial charge in [-0.2, -0.15) is 0 Å². The second kappa shape index (κ2) is 10.2. The summed E-state index contributed by atoms with van der Waals surface area (Å²) in [7, 11) is 11.2. The molecule has 182 valence electrons. The van der Waals surface area contributed by atoms with Gasteiger partial charge in [0.05, 0.1) is 34.9 Å². The normalized spacial score (nSPS) is 17.4. The molecule has 1 atom stereocenters. The number of benzene rings is 2. The van der Waals surface area contributed by atoms with Crippen LogP contribution in [-0.2, 0) is 22.3 Å². The topological polar surface area (TPSA) is 55.4 Å². The molecule has 1 heterocycles. The highest BCUT2D eigenvalue weighted by atomic mass is 127. The minimum atomic E-state index is 0. The first-order valence-electron chi connectivity index (χ1n) is 10.9. The number of hydrogen-bond donors (Lipinski definition) is 0. The molecule has 0 spiro atoms. The Balaban J connectivity index is 0.00000306. The third-order valence-corrected chi connectivity index (χ3v) is 6.87. The zero-order valence-electron chi connectivity index (χ0n) is 20.5. The van der Waals surface area contributed by atoms with Gasteiger partial charge in [-0.1, -0.05) is 0 Å². The summed E-state index contributed by atoms with van der Waals surface area (Å²) in [4.78, 5) is 0. The van der Waals surface area contributed by atoms with Crippen LogP contribution in [0.1, 0.15) is 28.3 Å². The van der Waals surface area contributed by atoms with Gasteiger partial charge in [-0.15, -0.1) is 0 Å². The number of ether oxygens (including phenoxy) is 6. The minimum absolute atomic E-state index is 0. The molecule has 0 saturated carbocycles. The highest BCUT2D eigenvalue weighted by Gasteiger charge is 2.44. The fraction of sp³-hybridized carbons (Fsp3) is 0.520. The van der Waals surface area contributed by atoms with Crippen molar-refractivity contribution in [3.8, 4) is 34.1 Å². The van der Waals surface area contributed by atoms with Gasteiger partial charge in [0.2, 0.25) is 0 Å². The molecule has 1 aliphatic heterocycles. The average molecular weight is 571 g/mol. The smallest absolute Gasteiger partial charge is 0.188 e. The lowest BCUT2D eigenvalue weighted by Gasteiger charge is -2.46. The molecule has 0 unspecified atom stereocenters. The van der Waals surface area contributed by atoms with E-state index in [1.54, 1.807) is 28.4 Å². The van der Waals surface area contributed by atoms with Gasteiger partial charge < -0.3 is 56.9 Å². The van der Waals surface area contributed by atoms with Gasteiger partial charge >= 0.3 is 0 Å². The summed E-state index contributed by atoms with van der Waals surface area (Å²) in [6.07, 6.45) is 1.91. The largest absolute Gasteiger partial charge is 1.00 e. The summed E-state index contributed by atoms with van der Waals surface area (Å²) in [6, 6.07) is 4.45. The van der Waals surface area contributed by atoms with Crippen LogP contribution in [0, 0.1) is 6.92 Å². The summed E-state index contributed by atoms with van der Waals surface area (Å²) < 4.78 is 34.8. The number of rotatable bonds is 8. The zero-order chi connectivity index (χ0) is 23.0. The van der Waals surface area contributed by atoms with E-state index in [-0.39, 0.29) is 37.6 Å². The van der Waals surface area contributed by atoms with Crippen molar-refractivity contribution < 1.29 is 56.9 Å². The number of likely N-dealkylation sites (N-methyl/N-ethyl adjacent to an activating group) is 1. The number of nitrogens with zero attached hydrogens (tertiary/aromatic N) is 1. The number of fused-ring (bicyclic) bond motifs is 2. The lowest BCUT2D eigenvalue weighted by Crippen LogP contribution is -3.00. The van der Waals surface area contributed by atoms with Crippen molar-refractivity contribution in [3.05, 3.63) is 34.4 Å². The summed E-state index contributed by atoms with van der Waals surface area (Å²) in [5.41, 5.74) is 7.25. The monoisotopic (exact) mass is 571 g/mol. The predicted molar refractivity (Wildman–Crippen MR) is 122 cm³/mol. The summed E-state index contributed by atoms with van der Waals surface area (Å²) in [5, 5.41) is 0. The molecule has 0 radical (unpaired) electrons. The molecule has 4 rings (SSSR count). The Bertz CT molecular complexity index is 1020. The van der Waals surface area contributed by atoms with Crippen LogP contribution in [0.15, 0.2) is 12.1 Å². The van der Waals surface area contributed by atoms with Gasteiger partial charge in [0.15, 0.2) is 36.6 Å².